The van der Waals surface area contributed by atoms with Crippen molar-refractivity contribution >= 4 is 11.9 Å². The monoisotopic (exact) mass is 331 g/mol. The number of esters is 1. The van der Waals surface area contributed by atoms with Gasteiger partial charge in [-0.3, -0.25) is 4.79 Å². The van der Waals surface area contributed by atoms with Crippen LogP contribution in [0.2, 0.25) is 0 Å². The molecule has 1 aromatic carbocycles. The average Bonchev–Trinajstić information content (AvgIpc) is 2.97. The van der Waals surface area contributed by atoms with Crippen molar-refractivity contribution in [3.05, 3.63) is 48.0 Å². The molecule has 2 aromatic rings. The van der Waals surface area contributed by atoms with Gasteiger partial charge in [0.1, 0.15) is 23.7 Å². The molecule has 0 bridgehead atoms. The molecule has 0 atom stereocenters. The van der Waals surface area contributed by atoms with E-state index in [0.29, 0.717) is 17.9 Å². The van der Waals surface area contributed by atoms with Crippen LogP contribution in [0.4, 0.5) is 0 Å². The van der Waals surface area contributed by atoms with E-state index in [1.165, 1.54) is 7.11 Å². The molecule has 1 aromatic heterocycles. The summed E-state index contributed by atoms with van der Waals surface area (Å²) in [4.78, 5) is 28.0. The van der Waals surface area contributed by atoms with Crippen molar-refractivity contribution in [2.75, 3.05) is 7.11 Å². The molecule has 0 aliphatic heterocycles. The van der Waals surface area contributed by atoms with Crippen LogP contribution < -0.4 is 10.1 Å². The van der Waals surface area contributed by atoms with Crippen LogP contribution in [-0.4, -0.2) is 34.1 Å². The van der Waals surface area contributed by atoms with E-state index in [0.717, 1.165) is 5.82 Å². The Hall–Kier alpha value is -2.83. The number of nitrogens with zero attached hydrogens (tertiary/aromatic N) is 2. The van der Waals surface area contributed by atoms with Crippen LogP contribution in [0.15, 0.2) is 36.7 Å². The summed E-state index contributed by atoms with van der Waals surface area (Å²) in [5.74, 6) is 0.561. The van der Waals surface area contributed by atoms with Crippen LogP contribution in [0.5, 0.6) is 5.75 Å². The summed E-state index contributed by atoms with van der Waals surface area (Å²) in [7, 11) is 3.17. The topological polar surface area (TPSA) is 82.4 Å². The summed E-state index contributed by atoms with van der Waals surface area (Å²) in [5, 5.41) is 2.64. The van der Waals surface area contributed by atoms with Crippen LogP contribution in [0.3, 0.4) is 0 Å². The largest absolute Gasteiger partial charge is 0.486 e. The fourth-order valence-corrected chi connectivity index (χ4v) is 2.05. The minimum Gasteiger partial charge on any atom is -0.486 e. The SMILES string of the molecule is COC(=O)C(C)(C)NC(=O)c1ccc(OCc2nccn2C)cc1. The number of imidazole rings is 1. The first-order chi connectivity index (χ1) is 11.3. The van der Waals surface area contributed by atoms with Crippen molar-refractivity contribution in [2.45, 2.75) is 26.0 Å². The number of nitrogens with one attached hydrogen (secondary N) is 1. The number of rotatable bonds is 6. The predicted molar refractivity (Wildman–Crippen MR) is 87.5 cm³/mol. The zero-order valence-corrected chi connectivity index (χ0v) is 14.2. The van der Waals surface area contributed by atoms with Gasteiger partial charge >= 0.3 is 5.97 Å². The Bertz CT molecular complexity index is 720. The molecule has 0 spiro atoms. The summed E-state index contributed by atoms with van der Waals surface area (Å²) in [6.45, 7) is 3.51. The maximum atomic E-state index is 12.2. The van der Waals surface area contributed by atoms with Gasteiger partial charge in [0.2, 0.25) is 0 Å². The van der Waals surface area contributed by atoms with Gasteiger partial charge in [0.25, 0.3) is 5.91 Å². The Balaban J connectivity index is 1.97. The highest BCUT2D eigenvalue weighted by Crippen LogP contribution is 2.15. The van der Waals surface area contributed by atoms with E-state index in [1.54, 1.807) is 44.3 Å². The molecule has 7 nitrogen and oxygen atoms in total. The summed E-state index contributed by atoms with van der Waals surface area (Å²) in [6.07, 6.45) is 3.55. The van der Waals surface area contributed by atoms with Crippen LogP contribution >= 0.6 is 0 Å². The minimum absolute atomic E-state index is 0.338. The number of benzene rings is 1. The third-order valence-electron chi connectivity index (χ3n) is 3.53. The Labute approximate surface area is 140 Å². The van der Waals surface area contributed by atoms with Gasteiger partial charge in [0.15, 0.2) is 0 Å². The highest BCUT2D eigenvalue weighted by Gasteiger charge is 2.30. The molecule has 0 aliphatic carbocycles. The van der Waals surface area contributed by atoms with Crippen molar-refractivity contribution in [1.82, 2.24) is 14.9 Å². The van der Waals surface area contributed by atoms with Gasteiger partial charge in [-0.25, -0.2) is 9.78 Å². The molecule has 1 amide bonds. The normalized spacial score (nSPS) is 11.0. The highest BCUT2D eigenvalue weighted by molar-refractivity contribution is 5.97. The van der Waals surface area contributed by atoms with Gasteiger partial charge in [0.05, 0.1) is 7.11 Å². The third-order valence-corrected chi connectivity index (χ3v) is 3.53. The van der Waals surface area contributed by atoms with Crippen LogP contribution in [-0.2, 0) is 23.2 Å². The smallest absolute Gasteiger partial charge is 0.330 e. The number of carbonyl (C=O) groups excluding carboxylic acids is 2. The van der Waals surface area contributed by atoms with Gasteiger partial charge in [-0.05, 0) is 38.1 Å². The second-order valence-corrected chi connectivity index (χ2v) is 5.84. The Morgan fingerprint density at radius 2 is 1.92 bits per heavy atom. The second-order valence-electron chi connectivity index (χ2n) is 5.84. The number of aryl methyl sites for hydroxylation is 1. The molecule has 0 aliphatic rings. The van der Waals surface area contributed by atoms with E-state index in [1.807, 2.05) is 17.8 Å². The standard InChI is InChI=1S/C17H21N3O4/c1-17(2,16(22)23-4)19-15(21)12-5-7-13(8-6-12)24-11-14-18-9-10-20(14)3/h5-10H,11H2,1-4H3,(H,19,21). The van der Waals surface area contributed by atoms with Crippen LogP contribution in [0.25, 0.3) is 0 Å². The average molecular weight is 331 g/mol. The molecule has 7 heteroatoms. The Morgan fingerprint density at radius 1 is 1.25 bits per heavy atom. The van der Waals surface area contributed by atoms with Crippen molar-refractivity contribution < 1.29 is 19.1 Å². The van der Waals surface area contributed by atoms with E-state index in [4.69, 9.17) is 4.74 Å². The number of methoxy groups -OCH3 is 1. The number of hydrogen-bond acceptors (Lipinski definition) is 5. The molecule has 0 saturated heterocycles. The molecule has 128 valence electrons. The highest BCUT2D eigenvalue weighted by atomic mass is 16.5. The third kappa shape index (κ3) is 4.13. The second kappa shape index (κ2) is 7.16. The molecule has 1 N–H and O–H groups in total. The fraction of sp³-hybridized carbons (Fsp3) is 0.353. The van der Waals surface area contributed by atoms with Gasteiger partial charge < -0.3 is 19.4 Å². The van der Waals surface area contributed by atoms with E-state index in [-0.39, 0.29) is 5.91 Å². The molecule has 2 rings (SSSR count). The maximum absolute atomic E-state index is 12.2. The molecule has 0 radical (unpaired) electrons. The molecule has 0 unspecified atom stereocenters. The van der Waals surface area contributed by atoms with Crippen molar-refractivity contribution in [1.29, 1.82) is 0 Å². The number of amides is 1. The molecule has 1 heterocycles. The number of carbonyl (C=O) groups is 2. The van der Waals surface area contributed by atoms with Crippen LogP contribution in [0.1, 0.15) is 30.0 Å². The van der Waals surface area contributed by atoms with E-state index >= 15 is 0 Å². The fourth-order valence-electron chi connectivity index (χ4n) is 2.05. The zero-order valence-electron chi connectivity index (χ0n) is 14.2. The van der Waals surface area contributed by atoms with E-state index < -0.39 is 11.5 Å². The lowest BCUT2D eigenvalue weighted by molar-refractivity contribution is -0.146. The maximum Gasteiger partial charge on any atom is 0.330 e. The first kappa shape index (κ1) is 17.5. The zero-order chi connectivity index (χ0) is 17.7. The predicted octanol–water partition coefficient (Wildman–Crippen LogP) is 1.68. The molecular formula is C17H21N3O4. The van der Waals surface area contributed by atoms with Crippen molar-refractivity contribution in [3.8, 4) is 5.75 Å². The minimum atomic E-state index is -1.10. The van der Waals surface area contributed by atoms with E-state index in [9.17, 15) is 9.59 Å². The lowest BCUT2D eigenvalue weighted by Crippen LogP contribution is -2.50. The molecule has 0 fully saturated rings. The summed E-state index contributed by atoms with van der Waals surface area (Å²) >= 11 is 0. The van der Waals surface area contributed by atoms with Gasteiger partial charge in [-0.15, -0.1) is 0 Å². The molecule has 24 heavy (non-hydrogen) atoms. The first-order valence-corrected chi connectivity index (χ1v) is 7.43. The van der Waals surface area contributed by atoms with Gasteiger partial charge in [0, 0.05) is 25.0 Å². The number of hydrogen-bond donors (Lipinski definition) is 1. The number of ether oxygens (including phenoxy) is 2. The lowest BCUT2D eigenvalue weighted by atomic mass is 10.1. The van der Waals surface area contributed by atoms with Gasteiger partial charge in [-0.1, -0.05) is 0 Å². The quantitative estimate of drug-likeness (QED) is 0.814. The van der Waals surface area contributed by atoms with Crippen molar-refractivity contribution in [2.24, 2.45) is 7.05 Å². The Kier molecular flexibility index (Phi) is 5.23. The van der Waals surface area contributed by atoms with E-state index in [2.05, 4.69) is 15.0 Å². The molecule has 0 saturated carbocycles. The lowest BCUT2D eigenvalue weighted by Gasteiger charge is -2.23. The summed E-state index contributed by atoms with van der Waals surface area (Å²) < 4.78 is 12.2. The molecular weight excluding hydrogens is 310 g/mol. The van der Waals surface area contributed by atoms with Gasteiger partial charge in [-0.2, -0.15) is 0 Å². The summed E-state index contributed by atoms with van der Waals surface area (Å²) in [5.41, 5.74) is -0.671. The Morgan fingerprint density at radius 3 is 2.46 bits per heavy atom. The summed E-state index contributed by atoms with van der Waals surface area (Å²) in [6, 6.07) is 6.67. The van der Waals surface area contributed by atoms with Crippen molar-refractivity contribution in [3.63, 3.8) is 0 Å². The number of aromatic nitrogens is 2. The van der Waals surface area contributed by atoms with Crippen LogP contribution in [0, 0.1) is 0 Å². The first-order valence-electron chi connectivity index (χ1n) is 7.43.